The molecule has 1 aliphatic heterocycles. The first-order chi connectivity index (χ1) is 12.7. The minimum absolute atomic E-state index is 0.157. The summed E-state index contributed by atoms with van der Waals surface area (Å²) in [4.78, 5) is 17.3. The van der Waals surface area contributed by atoms with Crippen molar-refractivity contribution in [3.8, 4) is 0 Å². The van der Waals surface area contributed by atoms with Gasteiger partial charge in [0.05, 0.1) is 19.2 Å². The van der Waals surface area contributed by atoms with Crippen LogP contribution in [0, 0.1) is 6.92 Å². The molecule has 0 aliphatic carbocycles. The van der Waals surface area contributed by atoms with Gasteiger partial charge in [0.1, 0.15) is 0 Å². The summed E-state index contributed by atoms with van der Waals surface area (Å²) in [7, 11) is 0. The van der Waals surface area contributed by atoms with Gasteiger partial charge >= 0.3 is 0 Å². The lowest BCUT2D eigenvalue weighted by molar-refractivity contribution is -0.130. The van der Waals surface area contributed by atoms with E-state index in [0.29, 0.717) is 13.1 Å². The van der Waals surface area contributed by atoms with E-state index in [1.165, 1.54) is 15.3 Å². The van der Waals surface area contributed by atoms with Crippen LogP contribution in [0.4, 0.5) is 0 Å². The van der Waals surface area contributed by atoms with Crippen LogP contribution >= 0.6 is 11.3 Å². The molecule has 1 amide bonds. The third-order valence-corrected chi connectivity index (χ3v) is 5.67. The van der Waals surface area contributed by atoms with Gasteiger partial charge in [-0.15, -0.1) is 11.3 Å². The van der Waals surface area contributed by atoms with Gasteiger partial charge in [0.15, 0.2) is 0 Å². The number of carbonyl (C=O) groups is 1. The van der Waals surface area contributed by atoms with E-state index in [1.807, 2.05) is 23.1 Å². The number of aryl methyl sites for hydroxylation is 1. The maximum Gasteiger partial charge on any atom is 0.236 e. The van der Waals surface area contributed by atoms with E-state index in [9.17, 15) is 4.79 Å². The predicted molar refractivity (Wildman–Crippen MR) is 106 cm³/mol. The maximum absolute atomic E-state index is 12.8. The van der Waals surface area contributed by atoms with Crippen LogP contribution in [-0.2, 0) is 22.5 Å². The Balaban J connectivity index is 1.54. The van der Waals surface area contributed by atoms with Gasteiger partial charge in [0, 0.05) is 29.5 Å². The van der Waals surface area contributed by atoms with Crippen LogP contribution < -0.4 is 5.32 Å². The second-order valence-corrected chi connectivity index (χ2v) is 8.20. The minimum atomic E-state index is 0.157. The van der Waals surface area contributed by atoms with Crippen LogP contribution in [-0.4, -0.2) is 43.2 Å². The molecule has 0 spiro atoms. The van der Waals surface area contributed by atoms with Gasteiger partial charge in [-0.1, -0.05) is 30.3 Å². The summed E-state index contributed by atoms with van der Waals surface area (Å²) in [6, 6.07) is 14.6. The number of hydrogen-bond donors (Lipinski definition) is 1. The molecule has 3 rings (SSSR count). The maximum atomic E-state index is 12.8. The van der Waals surface area contributed by atoms with Crippen LogP contribution in [0.25, 0.3) is 0 Å². The number of nitrogens with one attached hydrogen (secondary N) is 1. The second kappa shape index (κ2) is 9.86. The molecule has 1 fully saturated rings. The molecule has 2 aromatic rings. The number of hydrogen-bond acceptors (Lipinski definition) is 4. The molecule has 1 saturated heterocycles. The molecule has 140 valence electrons. The Morgan fingerprint density at radius 3 is 2.81 bits per heavy atom. The third-order valence-electron chi connectivity index (χ3n) is 4.68. The summed E-state index contributed by atoms with van der Waals surface area (Å²) in [5, 5.41) is 3.28. The van der Waals surface area contributed by atoms with Crippen molar-refractivity contribution in [3.63, 3.8) is 0 Å². The Kier molecular flexibility index (Phi) is 7.23. The Morgan fingerprint density at radius 1 is 1.27 bits per heavy atom. The van der Waals surface area contributed by atoms with E-state index < -0.39 is 0 Å². The lowest BCUT2D eigenvalue weighted by Gasteiger charge is -2.23. The van der Waals surface area contributed by atoms with E-state index in [-0.39, 0.29) is 12.0 Å². The van der Waals surface area contributed by atoms with Crippen molar-refractivity contribution in [1.82, 2.24) is 10.2 Å². The highest BCUT2D eigenvalue weighted by Crippen LogP contribution is 2.17. The summed E-state index contributed by atoms with van der Waals surface area (Å²) in [6.07, 6.45) is 3.36. The fraction of sp³-hybridized carbons (Fsp3) is 0.476. The van der Waals surface area contributed by atoms with E-state index >= 15 is 0 Å². The van der Waals surface area contributed by atoms with Crippen molar-refractivity contribution in [2.45, 2.75) is 38.8 Å². The molecular weight excluding hydrogens is 344 g/mol. The fourth-order valence-electron chi connectivity index (χ4n) is 3.22. The molecular formula is C21H28N2O2S. The number of carbonyl (C=O) groups excluding carboxylic acids is 1. The van der Waals surface area contributed by atoms with Crippen molar-refractivity contribution in [1.29, 1.82) is 0 Å². The fourth-order valence-corrected chi connectivity index (χ4v) is 4.12. The number of nitrogens with zero attached hydrogens (tertiary/aromatic N) is 1. The average Bonchev–Trinajstić information content (AvgIpc) is 3.31. The Hall–Kier alpha value is -1.69. The van der Waals surface area contributed by atoms with Gasteiger partial charge in [-0.2, -0.15) is 0 Å². The average molecular weight is 373 g/mol. The smallest absolute Gasteiger partial charge is 0.236 e. The van der Waals surface area contributed by atoms with Gasteiger partial charge in [-0.3, -0.25) is 4.79 Å². The van der Waals surface area contributed by atoms with Crippen LogP contribution in [0.15, 0.2) is 42.5 Å². The van der Waals surface area contributed by atoms with E-state index in [4.69, 9.17) is 4.74 Å². The van der Waals surface area contributed by atoms with Crippen LogP contribution in [0.5, 0.6) is 0 Å². The summed E-state index contributed by atoms with van der Waals surface area (Å²) in [5.41, 5.74) is 1.26. The zero-order valence-electron chi connectivity index (χ0n) is 15.4. The van der Waals surface area contributed by atoms with Crippen molar-refractivity contribution >= 4 is 17.2 Å². The number of amides is 1. The van der Waals surface area contributed by atoms with Crippen LogP contribution in [0.1, 0.15) is 28.2 Å². The molecule has 1 atom stereocenters. The Bertz CT molecular complexity index is 680. The summed E-state index contributed by atoms with van der Waals surface area (Å²) < 4.78 is 5.61. The summed E-state index contributed by atoms with van der Waals surface area (Å²) in [6.45, 7) is 5.51. The number of rotatable bonds is 9. The lowest BCUT2D eigenvalue weighted by atomic mass is 10.1. The topological polar surface area (TPSA) is 41.6 Å². The van der Waals surface area contributed by atoms with E-state index in [1.54, 1.807) is 11.3 Å². The standard InChI is InChI=1S/C21H28N2O2S/c1-17-9-10-20(26-17)16-23(12-11-18-6-3-2-4-7-18)21(24)15-22-14-19-8-5-13-25-19/h2-4,6-7,9-10,19,22H,5,8,11-16H2,1H3. The first-order valence-electron chi connectivity index (χ1n) is 9.40. The highest BCUT2D eigenvalue weighted by atomic mass is 32.1. The molecule has 0 saturated carbocycles. The first-order valence-corrected chi connectivity index (χ1v) is 10.2. The Morgan fingerprint density at radius 2 is 2.12 bits per heavy atom. The monoisotopic (exact) mass is 372 g/mol. The highest BCUT2D eigenvalue weighted by molar-refractivity contribution is 7.11. The molecule has 1 aromatic carbocycles. The molecule has 26 heavy (non-hydrogen) atoms. The molecule has 4 nitrogen and oxygen atoms in total. The van der Waals surface area contributed by atoms with Crippen molar-refractivity contribution in [3.05, 3.63) is 57.8 Å². The van der Waals surface area contributed by atoms with Crippen molar-refractivity contribution in [2.75, 3.05) is 26.2 Å². The molecule has 0 bridgehead atoms. The molecule has 2 heterocycles. The zero-order chi connectivity index (χ0) is 18.2. The number of benzene rings is 1. The van der Waals surface area contributed by atoms with Crippen LogP contribution in [0.3, 0.4) is 0 Å². The third kappa shape index (κ3) is 5.94. The predicted octanol–water partition coefficient (Wildman–Crippen LogP) is 3.40. The van der Waals surface area contributed by atoms with Gasteiger partial charge in [-0.05, 0) is 43.9 Å². The molecule has 1 unspecified atom stereocenters. The van der Waals surface area contributed by atoms with E-state index in [0.717, 1.165) is 39.0 Å². The van der Waals surface area contributed by atoms with Gasteiger partial charge in [0.25, 0.3) is 0 Å². The number of ether oxygens (including phenoxy) is 1. The van der Waals surface area contributed by atoms with Gasteiger partial charge < -0.3 is 15.0 Å². The van der Waals surface area contributed by atoms with Crippen molar-refractivity contribution < 1.29 is 9.53 Å². The molecule has 5 heteroatoms. The lowest BCUT2D eigenvalue weighted by Crippen LogP contribution is -2.40. The van der Waals surface area contributed by atoms with Gasteiger partial charge in [-0.25, -0.2) is 0 Å². The summed E-state index contributed by atoms with van der Waals surface area (Å²) >= 11 is 1.77. The van der Waals surface area contributed by atoms with Crippen molar-refractivity contribution in [2.24, 2.45) is 0 Å². The van der Waals surface area contributed by atoms with E-state index in [2.05, 4.69) is 36.5 Å². The highest BCUT2D eigenvalue weighted by Gasteiger charge is 2.18. The van der Waals surface area contributed by atoms with Crippen LogP contribution in [0.2, 0.25) is 0 Å². The quantitative estimate of drug-likeness (QED) is 0.734. The Labute approximate surface area is 160 Å². The minimum Gasteiger partial charge on any atom is -0.377 e. The SMILES string of the molecule is Cc1ccc(CN(CCc2ccccc2)C(=O)CNCC2CCCO2)s1. The van der Waals surface area contributed by atoms with Gasteiger partial charge in [0.2, 0.25) is 5.91 Å². The zero-order valence-corrected chi connectivity index (χ0v) is 16.3. The molecule has 1 aliphatic rings. The molecule has 1 aromatic heterocycles. The molecule has 0 radical (unpaired) electrons. The summed E-state index contributed by atoms with van der Waals surface area (Å²) in [5.74, 6) is 0.157. The first kappa shape index (κ1) is 19.1. The number of thiophene rings is 1. The second-order valence-electron chi connectivity index (χ2n) is 6.83. The molecule has 1 N–H and O–H groups in total. The largest absolute Gasteiger partial charge is 0.377 e. The normalized spacial score (nSPS) is 16.7.